The zero-order valence-electron chi connectivity index (χ0n) is 5.09. The molecule has 1 saturated heterocycles. The summed E-state index contributed by atoms with van der Waals surface area (Å²) in [5.41, 5.74) is 0. The standard InChI is InChI=1S/C5H10NO2P/c7-5-2-1-4(6-5)3-8-9/h4H,1-3,9H2,(H,6,7). The first-order valence-corrected chi connectivity index (χ1v) is 3.41. The van der Waals surface area contributed by atoms with Gasteiger partial charge in [-0.25, -0.2) is 0 Å². The normalized spacial score (nSPS) is 26.3. The minimum atomic E-state index is 0.141. The summed E-state index contributed by atoms with van der Waals surface area (Å²) in [7, 11) is 2.17. The predicted molar refractivity (Wildman–Crippen MR) is 36.8 cm³/mol. The highest BCUT2D eigenvalue weighted by Crippen LogP contribution is 2.07. The molecule has 1 aliphatic heterocycles. The van der Waals surface area contributed by atoms with Crippen molar-refractivity contribution in [3.8, 4) is 0 Å². The Labute approximate surface area is 56.4 Å². The van der Waals surface area contributed by atoms with Crippen molar-refractivity contribution in [2.75, 3.05) is 6.61 Å². The number of carbonyl (C=O) groups excluding carboxylic acids is 1. The third-order valence-electron chi connectivity index (χ3n) is 1.38. The number of hydrogen-bond donors (Lipinski definition) is 1. The van der Waals surface area contributed by atoms with E-state index in [2.05, 4.69) is 14.8 Å². The smallest absolute Gasteiger partial charge is 0.220 e. The maximum atomic E-state index is 10.6. The van der Waals surface area contributed by atoms with Gasteiger partial charge in [0.05, 0.1) is 12.6 Å². The van der Waals surface area contributed by atoms with E-state index in [1.54, 1.807) is 0 Å². The maximum Gasteiger partial charge on any atom is 0.220 e. The monoisotopic (exact) mass is 147 g/mol. The minimum absolute atomic E-state index is 0.141. The second kappa shape index (κ2) is 3.14. The quantitative estimate of drug-likeness (QED) is 0.561. The first-order valence-electron chi connectivity index (χ1n) is 2.94. The summed E-state index contributed by atoms with van der Waals surface area (Å²) in [6, 6.07) is 0.245. The summed E-state index contributed by atoms with van der Waals surface area (Å²) in [6.45, 7) is 0.608. The lowest BCUT2D eigenvalue weighted by molar-refractivity contribution is -0.119. The minimum Gasteiger partial charge on any atom is -0.364 e. The molecular weight excluding hydrogens is 137 g/mol. The Morgan fingerprint density at radius 3 is 3.11 bits per heavy atom. The highest BCUT2D eigenvalue weighted by molar-refractivity contribution is 7.09. The highest BCUT2D eigenvalue weighted by Gasteiger charge is 2.19. The van der Waals surface area contributed by atoms with Gasteiger partial charge in [-0.05, 0) is 6.42 Å². The lowest BCUT2D eigenvalue weighted by Crippen LogP contribution is -2.28. The van der Waals surface area contributed by atoms with Gasteiger partial charge in [-0.15, -0.1) is 0 Å². The van der Waals surface area contributed by atoms with E-state index in [1.165, 1.54) is 0 Å². The van der Waals surface area contributed by atoms with Gasteiger partial charge in [0.2, 0.25) is 5.91 Å². The van der Waals surface area contributed by atoms with Crippen LogP contribution < -0.4 is 5.32 Å². The molecule has 3 nitrogen and oxygen atoms in total. The van der Waals surface area contributed by atoms with Gasteiger partial charge in [-0.3, -0.25) is 4.79 Å². The van der Waals surface area contributed by atoms with Crippen LogP contribution in [0, 0.1) is 0 Å². The summed E-state index contributed by atoms with van der Waals surface area (Å²) in [5, 5.41) is 2.78. The molecule has 0 radical (unpaired) electrons. The summed E-state index contributed by atoms with van der Waals surface area (Å²) in [4.78, 5) is 10.6. The van der Waals surface area contributed by atoms with Crippen molar-refractivity contribution in [2.45, 2.75) is 18.9 Å². The third-order valence-corrected chi connectivity index (χ3v) is 1.57. The molecule has 1 aliphatic rings. The number of rotatable bonds is 2. The first kappa shape index (κ1) is 6.97. The summed E-state index contributed by atoms with van der Waals surface area (Å²) in [6.07, 6.45) is 1.56. The lowest BCUT2D eigenvalue weighted by atomic mass is 10.2. The lowest BCUT2D eigenvalue weighted by Gasteiger charge is -2.05. The van der Waals surface area contributed by atoms with E-state index in [0.717, 1.165) is 6.42 Å². The number of nitrogens with one attached hydrogen (secondary N) is 1. The Morgan fingerprint density at radius 2 is 2.67 bits per heavy atom. The van der Waals surface area contributed by atoms with E-state index in [9.17, 15) is 4.79 Å². The van der Waals surface area contributed by atoms with Crippen molar-refractivity contribution in [1.82, 2.24) is 5.32 Å². The second-order valence-electron chi connectivity index (χ2n) is 2.14. The molecule has 9 heavy (non-hydrogen) atoms. The molecule has 0 aromatic heterocycles. The SMILES string of the molecule is O=C1CCC(COP)N1. The van der Waals surface area contributed by atoms with E-state index >= 15 is 0 Å². The third kappa shape index (κ3) is 1.92. The van der Waals surface area contributed by atoms with Gasteiger partial charge in [0, 0.05) is 15.9 Å². The van der Waals surface area contributed by atoms with E-state index in [1.807, 2.05) is 0 Å². The largest absolute Gasteiger partial charge is 0.364 e. The number of amides is 1. The maximum absolute atomic E-state index is 10.6. The number of hydrogen-bond acceptors (Lipinski definition) is 2. The van der Waals surface area contributed by atoms with Crippen LogP contribution in [0.5, 0.6) is 0 Å². The van der Waals surface area contributed by atoms with E-state index in [-0.39, 0.29) is 11.9 Å². The van der Waals surface area contributed by atoms with Gasteiger partial charge >= 0.3 is 0 Å². The van der Waals surface area contributed by atoms with Crippen LogP contribution in [0.3, 0.4) is 0 Å². The topological polar surface area (TPSA) is 38.3 Å². The van der Waals surface area contributed by atoms with Crippen molar-refractivity contribution < 1.29 is 9.32 Å². The molecule has 1 amide bonds. The Morgan fingerprint density at radius 1 is 1.89 bits per heavy atom. The van der Waals surface area contributed by atoms with E-state index < -0.39 is 0 Å². The molecule has 2 atom stereocenters. The van der Waals surface area contributed by atoms with Crippen LogP contribution in [0.4, 0.5) is 0 Å². The highest BCUT2D eigenvalue weighted by atomic mass is 31.0. The van der Waals surface area contributed by atoms with Crippen molar-refractivity contribution in [2.24, 2.45) is 0 Å². The first-order chi connectivity index (χ1) is 4.33. The fourth-order valence-corrected chi connectivity index (χ4v) is 1.15. The Hall–Kier alpha value is -0.140. The molecule has 0 aliphatic carbocycles. The summed E-state index contributed by atoms with van der Waals surface area (Å²) in [5.74, 6) is 0.141. The Bertz CT molecular complexity index is 118. The zero-order valence-corrected chi connectivity index (χ0v) is 6.25. The molecule has 4 heteroatoms. The molecule has 0 aromatic carbocycles. The fourth-order valence-electron chi connectivity index (χ4n) is 0.918. The molecule has 0 aromatic rings. The van der Waals surface area contributed by atoms with Crippen molar-refractivity contribution in [3.63, 3.8) is 0 Å². The summed E-state index contributed by atoms with van der Waals surface area (Å²) < 4.78 is 4.78. The van der Waals surface area contributed by atoms with Crippen LogP contribution in [-0.4, -0.2) is 18.6 Å². The summed E-state index contributed by atoms with van der Waals surface area (Å²) >= 11 is 0. The average molecular weight is 147 g/mol. The fraction of sp³-hybridized carbons (Fsp3) is 0.800. The van der Waals surface area contributed by atoms with Gasteiger partial charge in [0.1, 0.15) is 0 Å². The second-order valence-corrected chi connectivity index (χ2v) is 2.47. The van der Waals surface area contributed by atoms with Gasteiger partial charge in [0.15, 0.2) is 0 Å². The predicted octanol–water partition coefficient (Wildman–Crippen LogP) is 0.0717. The van der Waals surface area contributed by atoms with Gasteiger partial charge in [-0.2, -0.15) is 0 Å². The van der Waals surface area contributed by atoms with E-state index in [4.69, 9.17) is 4.52 Å². The van der Waals surface area contributed by atoms with Gasteiger partial charge in [-0.1, -0.05) is 0 Å². The molecule has 1 fully saturated rings. The van der Waals surface area contributed by atoms with E-state index in [0.29, 0.717) is 13.0 Å². The van der Waals surface area contributed by atoms with Crippen LogP contribution in [0.25, 0.3) is 0 Å². The zero-order chi connectivity index (χ0) is 6.69. The number of carbonyl (C=O) groups is 1. The molecule has 0 saturated carbocycles. The van der Waals surface area contributed by atoms with Gasteiger partial charge < -0.3 is 9.84 Å². The molecular formula is C5H10NO2P. The molecule has 52 valence electrons. The Kier molecular flexibility index (Phi) is 2.43. The molecule has 1 heterocycles. The molecule has 0 spiro atoms. The molecule has 0 bridgehead atoms. The Balaban J connectivity index is 2.22. The average Bonchev–Trinajstić information content (AvgIpc) is 2.17. The molecule has 2 unspecified atom stereocenters. The van der Waals surface area contributed by atoms with Crippen molar-refractivity contribution >= 4 is 15.4 Å². The van der Waals surface area contributed by atoms with Crippen molar-refractivity contribution in [3.05, 3.63) is 0 Å². The van der Waals surface area contributed by atoms with Crippen LogP contribution in [0.2, 0.25) is 0 Å². The van der Waals surface area contributed by atoms with Crippen LogP contribution in [-0.2, 0) is 9.32 Å². The van der Waals surface area contributed by atoms with Crippen molar-refractivity contribution in [1.29, 1.82) is 0 Å². The van der Waals surface area contributed by atoms with Crippen LogP contribution >= 0.6 is 9.47 Å². The van der Waals surface area contributed by atoms with Crippen LogP contribution in [0.15, 0.2) is 0 Å². The molecule has 1 N–H and O–H groups in total. The molecule has 1 rings (SSSR count). The van der Waals surface area contributed by atoms with Crippen LogP contribution in [0.1, 0.15) is 12.8 Å². The van der Waals surface area contributed by atoms with Gasteiger partial charge in [0.25, 0.3) is 0 Å².